The van der Waals surface area contributed by atoms with E-state index in [2.05, 4.69) is 4.98 Å². The molecule has 0 saturated carbocycles. The summed E-state index contributed by atoms with van der Waals surface area (Å²) in [5.74, 6) is -1.34. The van der Waals surface area contributed by atoms with Crippen molar-refractivity contribution in [1.82, 2.24) is 9.88 Å². The van der Waals surface area contributed by atoms with E-state index >= 15 is 0 Å². The molecule has 1 aromatic rings. The van der Waals surface area contributed by atoms with E-state index in [1.807, 2.05) is 19.9 Å². The lowest BCUT2D eigenvalue weighted by Gasteiger charge is -2.15. The SMILES string of the molecule is Cc1cc(C)c(C(=O)N2CCC(C(=O)O)C2)[nH]1. The summed E-state index contributed by atoms with van der Waals surface area (Å²) in [7, 11) is 0. The van der Waals surface area contributed by atoms with E-state index in [-0.39, 0.29) is 5.91 Å². The Balaban J connectivity index is 2.12. The normalized spacial score (nSPS) is 19.6. The van der Waals surface area contributed by atoms with Crippen molar-refractivity contribution in [2.24, 2.45) is 5.92 Å². The van der Waals surface area contributed by atoms with Crippen LogP contribution in [0.2, 0.25) is 0 Å². The summed E-state index contributed by atoms with van der Waals surface area (Å²) in [6.45, 7) is 4.61. The number of aryl methyl sites for hydroxylation is 2. The van der Waals surface area contributed by atoms with Crippen molar-refractivity contribution in [1.29, 1.82) is 0 Å². The summed E-state index contributed by atoms with van der Waals surface area (Å²) < 4.78 is 0. The Morgan fingerprint density at radius 3 is 2.65 bits per heavy atom. The van der Waals surface area contributed by atoms with Crippen LogP contribution in [0.4, 0.5) is 0 Å². The quantitative estimate of drug-likeness (QED) is 0.809. The molecule has 1 aliphatic rings. The first-order valence-corrected chi connectivity index (χ1v) is 5.67. The Labute approximate surface area is 99.4 Å². The van der Waals surface area contributed by atoms with E-state index in [1.54, 1.807) is 4.90 Å². The number of carbonyl (C=O) groups excluding carboxylic acids is 1. The van der Waals surface area contributed by atoms with Gasteiger partial charge in [-0.05, 0) is 31.9 Å². The van der Waals surface area contributed by atoms with Gasteiger partial charge in [-0.3, -0.25) is 9.59 Å². The predicted octanol–water partition coefficient (Wildman–Crippen LogP) is 1.18. The summed E-state index contributed by atoms with van der Waals surface area (Å²) in [6, 6.07) is 1.91. The van der Waals surface area contributed by atoms with E-state index in [1.165, 1.54) is 0 Å². The fraction of sp³-hybridized carbons (Fsp3) is 0.500. The highest BCUT2D eigenvalue weighted by atomic mass is 16.4. The Kier molecular flexibility index (Phi) is 2.92. The molecule has 0 aromatic carbocycles. The van der Waals surface area contributed by atoms with Gasteiger partial charge in [-0.1, -0.05) is 0 Å². The Morgan fingerprint density at radius 1 is 1.47 bits per heavy atom. The van der Waals surface area contributed by atoms with Crippen LogP contribution in [0.15, 0.2) is 6.07 Å². The molecule has 17 heavy (non-hydrogen) atoms. The van der Waals surface area contributed by atoms with Gasteiger partial charge in [-0.2, -0.15) is 0 Å². The maximum absolute atomic E-state index is 12.2. The van der Waals surface area contributed by atoms with Gasteiger partial charge in [0, 0.05) is 18.8 Å². The van der Waals surface area contributed by atoms with Gasteiger partial charge in [0.1, 0.15) is 5.69 Å². The third kappa shape index (κ3) is 2.18. The molecule has 1 aromatic heterocycles. The van der Waals surface area contributed by atoms with Crippen molar-refractivity contribution >= 4 is 11.9 Å². The van der Waals surface area contributed by atoms with Crippen molar-refractivity contribution in [3.05, 3.63) is 23.0 Å². The van der Waals surface area contributed by atoms with Crippen LogP contribution >= 0.6 is 0 Å². The maximum Gasteiger partial charge on any atom is 0.308 e. The zero-order valence-corrected chi connectivity index (χ0v) is 9.99. The molecule has 5 heteroatoms. The smallest absolute Gasteiger partial charge is 0.308 e. The minimum Gasteiger partial charge on any atom is -0.481 e. The lowest BCUT2D eigenvalue weighted by molar-refractivity contribution is -0.141. The minimum absolute atomic E-state index is 0.0978. The summed E-state index contributed by atoms with van der Waals surface area (Å²) in [5, 5.41) is 8.90. The van der Waals surface area contributed by atoms with Crippen molar-refractivity contribution in [3.8, 4) is 0 Å². The standard InChI is InChI=1S/C12H16N2O3/c1-7-5-8(2)13-10(7)11(15)14-4-3-9(6-14)12(16)17/h5,9,13H,3-4,6H2,1-2H3,(H,16,17). The van der Waals surface area contributed by atoms with Crippen molar-refractivity contribution in [3.63, 3.8) is 0 Å². The van der Waals surface area contributed by atoms with Gasteiger partial charge in [-0.15, -0.1) is 0 Å². The van der Waals surface area contributed by atoms with Crippen LogP contribution in [0.25, 0.3) is 0 Å². The topological polar surface area (TPSA) is 73.4 Å². The first kappa shape index (κ1) is 11.7. The Morgan fingerprint density at radius 2 is 2.18 bits per heavy atom. The average Bonchev–Trinajstić information content (AvgIpc) is 2.84. The molecule has 1 saturated heterocycles. The number of hydrogen-bond donors (Lipinski definition) is 2. The lowest BCUT2D eigenvalue weighted by atomic mass is 10.1. The number of aromatic amines is 1. The fourth-order valence-corrected chi connectivity index (χ4v) is 2.26. The number of rotatable bonds is 2. The van der Waals surface area contributed by atoms with Crippen LogP contribution in [0.3, 0.4) is 0 Å². The second kappa shape index (κ2) is 4.24. The number of likely N-dealkylation sites (tertiary alicyclic amines) is 1. The van der Waals surface area contributed by atoms with Crippen LogP contribution in [0, 0.1) is 19.8 Å². The Hall–Kier alpha value is -1.78. The molecule has 1 amide bonds. The van der Waals surface area contributed by atoms with Crippen molar-refractivity contribution in [2.75, 3.05) is 13.1 Å². The van der Waals surface area contributed by atoms with Gasteiger partial charge in [0.15, 0.2) is 0 Å². The van der Waals surface area contributed by atoms with Gasteiger partial charge < -0.3 is 15.0 Å². The van der Waals surface area contributed by atoms with Crippen molar-refractivity contribution < 1.29 is 14.7 Å². The number of hydrogen-bond acceptors (Lipinski definition) is 2. The first-order valence-electron chi connectivity index (χ1n) is 5.67. The number of carboxylic acids is 1. The fourth-order valence-electron chi connectivity index (χ4n) is 2.26. The molecule has 0 bridgehead atoms. The third-order valence-electron chi connectivity index (χ3n) is 3.19. The number of amides is 1. The first-order chi connectivity index (χ1) is 7.99. The minimum atomic E-state index is -0.820. The zero-order chi connectivity index (χ0) is 12.6. The van der Waals surface area contributed by atoms with Gasteiger partial charge in [0.05, 0.1) is 5.92 Å². The number of nitrogens with zero attached hydrogens (tertiary/aromatic N) is 1. The molecule has 1 aliphatic heterocycles. The molecule has 1 atom stereocenters. The van der Waals surface area contributed by atoms with Gasteiger partial charge in [0.2, 0.25) is 0 Å². The highest BCUT2D eigenvalue weighted by Crippen LogP contribution is 2.20. The van der Waals surface area contributed by atoms with E-state index in [0.29, 0.717) is 25.2 Å². The molecule has 2 rings (SSSR count). The maximum atomic E-state index is 12.2. The summed E-state index contributed by atoms with van der Waals surface area (Å²) in [6.07, 6.45) is 0.541. The predicted molar refractivity (Wildman–Crippen MR) is 61.9 cm³/mol. The van der Waals surface area contributed by atoms with E-state index < -0.39 is 11.9 Å². The molecular weight excluding hydrogens is 220 g/mol. The van der Waals surface area contributed by atoms with Crippen molar-refractivity contribution in [2.45, 2.75) is 20.3 Å². The Bertz CT molecular complexity index is 464. The molecule has 2 heterocycles. The average molecular weight is 236 g/mol. The molecule has 92 valence electrons. The summed E-state index contributed by atoms with van der Waals surface area (Å²) >= 11 is 0. The second-order valence-electron chi connectivity index (χ2n) is 4.59. The number of carboxylic acid groups (broad SMARTS) is 1. The van der Waals surface area contributed by atoms with Crippen LogP contribution in [0.5, 0.6) is 0 Å². The van der Waals surface area contributed by atoms with E-state index in [9.17, 15) is 9.59 Å². The monoisotopic (exact) mass is 236 g/mol. The molecule has 1 fully saturated rings. The number of aliphatic carboxylic acids is 1. The van der Waals surface area contributed by atoms with Crippen LogP contribution < -0.4 is 0 Å². The zero-order valence-electron chi connectivity index (χ0n) is 9.99. The summed E-state index contributed by atoms with van der Waals surface area (Å²) in [4.78, 5) is 27.6. The van der Waals surface area contributed by atoms with Crippen LogP contribution in [-0.4, -0.2) is 40.0 Å². The molecular formula is C12H16N2O3. The highest BCUT2D eigenvalue weighted by Gasteiger charge is 2.32. The van der Waals surface area contributed by atoms with E-state index in [0.717, 1.165) is 11.3 Å². The highest BCUT2D eigenvalue weighted by molar-refractivity contribution is 5.94. The number of H-pyrrole nitrogens is 1. The lowest BCUT2D eigenvalue weighted by Crippen LogP contribution is -2.30. The molecule has 0 aliphatic carbocycles. The molecule has 0 spiro atoms. The van der Waals surface area contributed by atoms with Gasteiger partial charge in [-0.25, -0.2) is 0 Å². The number of carbonyl (C=O) groups is 2. The molecule has 1 unspecified atom stereocenters. The second-order valence-corrected chi connectivity index (χ2v) is 4.59. The molecule has 5 nitrogen and oxygen atoms in total. The largest absolute Gasteiger partial charge is 0.481 e. The van der Waals surface area contributed by atoms with Crippen LogP contribution in [-0.2, 0) is 4.79 Å². The molecule has 0 radical (unpaired) electrons. The third-order valence-corrected chi connectivity index (χ3v) is 3.19. The summed E-state index contributed by atoms with van der Waals surface area (Å²) in [5.41, 5.74) is 2.43. The number of aromatic nitrogens is 1. The van der Waals surface area contributed by atoms with Gasteiger partial charge in [0.25, 0.3) is 5.91 Å². The van der Waals surface area contributed by atoms with Gasteiger partial charge >= 0.3 is 5.97 Å². The van der Waals surface area contributed by atoms with E-state index in [4.69, 9.17) is 5.11 Å². The van der Waals surface area contributed by atoms with Crippen LogP contribution in [0.1, 0.15) is 28.2 Å². The molecule has 2 N–H and O–H groups in total. The number of nitrogens with one attached hydrogen (secondary N) is 1.